The van der Waals surface area contributed by atoms with Gasteiger partial charge in [0.1, 0.15) is 11.2 Å². The summed E-state index contributed by atoms with van der Waals surface area (Å²) in [4.78, 5) is 16.5. The lowest BCUT2D eigenvalue weighted by molar-refractivity contribution is -0.138. The largest absolute Gasteiger partial charge is 0.418 e. The topological polar surface area (TPSA) is 59.2 Å². The van der Waals surface area contributed by atoms with E-state index in [0.717, 1.165) is 6.92 Å². The van der Waals surface area contributed by atoms with Crippen LogP contribution in [-0.2, 0) is 6.18 Å². The third-order valence-corrected chi connectivity index (χ3v) is 5.32. The molecule has 1 aromatic rings. The number of carbonyl (C=O) groups excluding carboxylic acids is 1. The first-order valence-corrected chi connectivity index (χ1v) is 7.65. The van der Waals surface area contributed by atoms with E-state index in [1.807, 2.05) is 0 Å². The van der Waals surface area contributed by atoms with Gasteiger partial charge in [-0.2, -0.15) is 30.7 Å². The molecule has 2 N–H and O–H groups in total. The Kier molecular flexibility index (Phi) is 3.76. The van der Waals surface area contributed by atoms with Crippen LogP contribution in [0, 0.1) is 12.3 Å². The van der Waals surface area contributed by atoms with Gasteiger partial charge in [0.15, 0.2) is 0 Å². The fraction of sp³-hybridized carbons (Fsp3) is 0.600. The van der Waals surface area contributed by atoms with Crippen LogP contribution < -0.4 is 10.6 Å². The maximum Gasteiger partial charge on any atom is 0.418 e. The van der Waals surface area contributed by atoms with Crippen molar-refractivity contribution in [2.45, 2.75) is 37.8 Å². The molecule has 2 aliphatic rings. The van der Waals surface area contributed by atoms with E-state index in [9.17, 15) is 35.5 Å². The van der Waals surface area contributed by atoms with Gasteiger partial charge < -0.3 is 10.6 Å². The number of carbonyl (C=O) groups is 1. The first-order chi connectivity index (χ1) is 11.8. The van der Waals surface area contributed by atoms with Gasteiger partial charge in [-0.05, 0) is 25.3 Å². The van der Waals surface area contributed by atoms with Crippen molar-refractivity contribution in [2.24, 2.45) is 11.1 Å². The molecule has 0 atom stereocenters. The number of hydrogen-bond donors (Lipinski definition) is 1. The van der Waals surface area contributed by atoms with Gasteiger partial charge in [-0.25, -0.2) is 4.98 Å². The van der Waals surface area contributed by atoms with Crippen LogP contribution in [0.4, 0.5) is 36.6 Å². The van der Waals surface area contributed by atoms with E-state index in [0.29, 0.717) is 6.20 Å². The number of nitrogens with two attached hydrogens (primary N) is 1. The number of anilines is 1. The van der Waals surface area contributed by atoms with Crippen molar-refractivity contribution < 1.29 is 35.5 Å². The third kappa shape index (κ3) is 2.21. The smallest absolute Gasteiger partial charge is 0.365 e. The van der Waals surface area contributed by atoms with Gasteiger partial charge in [-0.1, -0.05) is 0 Å². The highest BCUT2D eigenvalue weighted by Gasteiger charge is 2.95. The monoisotopic (exact) mass is 385 g/mol. The van der Waals surface area contributed by atoms with Crippen molar-refractivity contribution in [3.05, 3.63) is 22.9 Å². The number of alkyl halides is 7. The van der Waals surface area contributed by atoms with Crippen molar-refractivity contribution in [2.75, 3.05) is 18.0 Å². The molecule has 1 saturated carbocycles. The van der Waals surface area contributed by atoms with Crippen LogP contribution in [0.2, 0.25) is 0 Å². The van der Waals surface area contributed by atoms with Gasteiger partial charge in [-0.3, -0.25) is 4.79 Å². The molecule has 0 radical (unpaired) electrons. The number of amides is 1. The van der Waals surface area contributed by atoms with Crippen molar-refractivity contribution in [3.8, 4) is 0 Å². The van der Waals surface area contributed by atoms with Crippen LogP contribution in [0.15, 0.2) is 6.20 Å². The highest BCUT2D eigenvalue weighted by Crippen LogP contribution is 2.76. The van der Waals surface area contributed by atoms with Crippen LogP contribution in [0.5, 0.6) is 0 Å². The Morgan fingerprint density at radius 2 is 1.65 bits per heavy atom. The highest BCUT2D eigenvalue weighted by molar-refractivity contribution is 5.99. The minimum Gasteiger partial charge on any atom is -0.365 e. The van der Waals surface area contributed by atoms with Crippen LogP contribution >= 0.6 is 0 Å². The van der Waals surface area contributed by atoms with Crippen LogP contribution in [0.3, 0.4) is 0 Å². The normalized spacial score (nSPS) is 23.2. The predicted octanol–water partition coefficient (Wildman–Crippen LogP) is 3.38. The van der Waals surface area contributed by atoms with E-state index in [-0.39, 0.29) is 18.9 Å². The minimum atomic E-state index is -4.76. The maximum atomic E-state index is 13.5. The third-order valence-electron chi connectivity index (χ3n) is 5.32. The molecular formula is C15H14F7N3O. The summed E-state index contributed by atoms with van der Waals surface area (Å²) in [6.07, 6.45) is -5.40. The number of pyridine rings is 1. The summed E-state index contributed by atoms with van der Waals surface area (Å²) in [5.74, 6) is -9.60. The fourth-order valence-electron chi connectivity index (χ4n) is 3.66. The van der Waals surface area contributed by atoms with Gasteiger partial charge in [-0.15, -0.1) is 0 Å². The summed E-state index contributed by atoms with van der Waals surface area (Å²) in [6.45, 7) is 0.440. The highest BCUT2D eigenvalue weighted by atomic mass is 19.4. The molecule has 26 heavy (non-hydrogen) atoms. The summed E-state index contributed by atoms with van der Waals surface area (Å²) in [5.41, 5.74) is 0.642. The van der Waals surface area contributed by atoms with E-state index in [2.05, 4.69) is 4.98 Å². The molecule has 0 unspecified atom stereocenters. The van der Waals surface area contributed by atoms with Crippen LogP contribution in [0.25, 0.3) is 0 Å². The van der Waals surface area contributed by atoms with Crippen LogP contribution in [0.1, 0.15) is 34.3 Å². The number of primary amides is 1. The Hall–Kier alpha value is -2.07. The van der Waals surface area contributed by atoms with E-state index < -0.39 is 58.9 Å². The molecule has 1 aliphatic heterocycles. The van der Waals surface area contributed by atoms with Gasteiger partial charge in [0.25, 0.3) is 5.91 Å². The van der Waals surface area contributed by atoms with Gasteiger partial charge >= 0.3 is 18.0 Å². The van der Waals surface area contributed by atoms with Crippen molar-refractivity contribution in [1.29, 1.82) is 0 Å². The van der Waals surface area contributed by atoms with Gasteiger partial charge in [0.05, 0.1) is 11.1 Å². The first-order valence-electron chi connectivity index (χ1n) is 7.65. The average Bonchev–Trinajstić information content (AvgIpc) is 2.83. The molecule has 144 valence electrons. The number of rotatable bonds is 2. The van der Waals surface area contributed by atoms with E-state index in [1.54, 1.807) is 0 Å². The summed E-state index contributed by atoms with van der Waals surface area (Å²) in [6, 6.07) is 0. The Bertz CT molecular complexity index is 751. The zero-order valence-electron chi connectivity index (χ0n) is 13.4. The lowest BCUT2D eigenvalue weighted by Gasteiger charge is -2.34. The number of piperidine rings is 1. The number of hydrogen-bond acceptors (Lipinski definition) is 3. The Labute approximate surface area is 143 Å². The molecular weight excluding hydrogens is 371 g/mol. The van der Waals surface area contributed by atoms with Gasteiger partial charge in [0.2, 0.25) is 0 Å². The number of aromatic nitrogens is 1. The zero-order valence-corrected chi connectivity index (χ0v) is 13.4. The first kappa shape index (κ1) is 18.7. The molecule has 1 aliphatic carbocycles. The maximum absolute atomic E-state index is 13.5. The molecule has 1 spiro atoms. The number of halogens is 7. The molecule has 2 heterocycles. The molecule has 1 aromatic heterocycles. The summed E-state index contributed by atoms with van der Waals surface area (Å²) in [7, 11) is 0. The number of nitrogens with zero attached hydrogens (tertiary/aromatic N) is 2. The molecule has 0 aromatic carbocycles. The second-order valence-corrected chi connectivity index (χ2v) is 6.58. The SMILES string of the molecule is Cc1c(C(F)(F)F)cnc(N2CCC3(CC2)C(F)(F)C3(F)F)c1C(N)=O. The molecule has 11 heteroatoms. The second-order valence-electron chi connectivity index (χ2n) is 6.58. The quantitative estimate of drug-likeness (QED) is 0.795. The van der Waals surface area contributed by atoms with Crippen LogP contribution in [-0.4, -0.2) is 35.8 Å². The molecule has 1 amide bonds. The molecule has 3 rings (SSSR count). The summed E-state index contributed by atoms with van der Waals surface area (Å²) >= 11 is 0. The Morgan fingerprint density at radius 1 is 1.15 bits per heavy atom. The molecule has 0 bridgehead atoms. The summed E-state index contributed by atoms with van der Waals surface area (Å²) < 4.78 is 92.7. The van der Waals surface area contributed by atoms with Crippen molar-refractivity contribution in [1.82, 2.24) is 4.98 Å². The summed E-state index contributed by atoms with van der Waals surface area (Å²) in [5, 5.41) is 0. The molecule has 2 fully saturated rings. The van der Waals surface area contributed by atoms with E-state index in [4.69, 9.17) is 5.73 Å². The standard InChI is InChI=1S/C15H14F7N3O/c1-7-8(13(16,17)18)6-24-11(9(7)10(23)26)25-4-2-12(3-5-25)14(19,20)15(12,21)22/h6H,2-5H2,1H3,(H2,23,26). The lowest BCUT2D eigenvalue weighted by Crippen LogP contribution is -2.39. The van der Waals surface area contributed by atoms with E-state index in [1.165, 1.54) is 4.90 Å². The Morgan fingerprint density at radius 3 is 2.04 bits per heavy atom. The predicted molar refractivity (Wildman–Crippen MR) is 76.3 cm³/mol. The molecule has 4 nitrogen and oxygen atoms in total. The van der Waals surface area contributed by atoms with Crippen molar-refractivity contribution in [3.63, 3.8) is 0 Å². The van der Waals surface area contributed by atoms with E-state index >= 15 is 0 Å². The van der Waals surface area contributed by atoms with Crippen molar-refractivity contribution >= 4 is 11.7 Å². The minimum absolute atomic E-state index is 0.217. The average molecular weight is 385 g/mol. The second kappa shape index (κ2) is 5.23. The lowest BCUT2D eigenvalue weighted by atomic mass is 9.91. The molecule has 1 saturated heterocycles. The Balaban J connectivity index is 1.92. The zero-order chi connectivity index (χ0) is 19.7. The van der Waals surface area contributed by atoms with Gasteiger partial charge in [0, 0.05) is 19.3 Å². The fourth-order valence-corrected chi connectivity index (χ4v) is 3.66.